The fourth-order valence-electron chi connectivity index (χ4n) is 1.26. The molecule has 0 fully saturated rings. The highest BCUT2D eigenvalue weighted by Gasteiger charge is 2.13. The van der Waals surface area contributed by atoms with Crippen molar-refractivity contribution in [3.05, 3.63) is 35.4 Å². The molecule has 1 unspecified atom stereocenters. The van der Waals surface area contributed by atoms with Crippen LogP contribution in [-0.4, -0.2) is 18.3 Å². The molecule has 1 aromatic carbocycles. The number of aliphatic hydroxyl groups is 1. The lowest BCUT2D eigenvalue weighted by atomic mass is 10.2. The molecule has 0 spiro atoms. The summed E-state index contributed by atoms with van der Waals surface area (Å²) >= 11 is 5.88. The van der Waals surface area contributed by atoms with Gasteiger partial charge in [0.1, 0.15) is 6.10 Å². The highest BCUT2D eigenvalue weighted by Crippen LogP contribution is 2.35. The van der Waals surface area contributed by atoms with E-state index < -0.39 is 0 Å². The van der Waals surface area contributed by atoms with Gasteiger partial charge in [-0.1, -0.05) is 24.3 Å². The third-order valence-corrected chi connectivity index (χ3v) is 2.34. The molecule has 0 bridgehead atoms. The number of halogens is 1. The van der Waals surface area contributed by atoms with Crippen molar-refractivity contribution in [3.8, 4) is 11.5 Å². The van der Waals surface area contributed by atoms with Crippen LogP contribution in [0.5, 0.6) is 11.5 Å². The standard InChI is InChI=1S/C12H15ClO3/c1-4-8(2)16-12-9(7-14)5-10(13)6-11(12)15-3/h4-6,8,14H,1,7H2,2-3H3. The van der Waals surface area contributed by atoms with E-state index in [1.807, 2.05) is 6.92 Å². The second-order valence-electron chi connectivity index (χ2n) is 3.31. The fraction of sp³-hybridized carbons (Fsp3) is 0.333. The Balaban J connectivity index is 3.16. The molecule has 3 nitrogen and oxygen atoms in total. The van der Waals surface area contributed by atoms with Gasteiger partial charge in [-0.15, -0.1) is 0 Å². The van der Waals surface area contributed by atoms with Gasteiger partial charge < -0.3 is 14.6 Å². The molecule has 0 aliphatic carbocycles. The monoisotopic (exact) mass is 242 g/mol. The maximum atomic E-state index is 9.23. The summed E-state index contributed by atoms with van der Waals surface area (Å²) in [5.74, 6) is 1.01. The Hall–Kier alpha value is -1.19. The number of benzene rings is 1. The predicted molar refractivity (Wildman–Crippen MR) is 64.2 cm³/mol. The molecule has 4 heteroatoms. The Morgan fingerprint density at radius 2 is 2.25 bits per heavy atom. The zero-order valence-corrected chi connectivity index (χ0v) is 10.1. The van der Waals surface area contributed by atoms with Crippen LogP contribution in [-0.2, 0) is 6.61 Å². The molecule has 1 rings (SSSR count). The topological polar surface area (TPSA) is 38.7 Å². The second kappa shape index (κ2) is 5.77. The number of hydrogen-bond donors (Lipinski definition) is 1. The van der Waals surface area contributed by atoms with Crippen LogP contribution in [0.15, 0.2) is 24.8 Å². The van der Waals surface area contributed by atoms with Gasteiger partial charge in [0.25, 0.3) is 0 Å². The predicted octanol–water partition coefficient (Wildman–Crippen LogP) is 2.79. The minimum Gasteiger partial charge on any atom is -0.493 e. The van der Waals surface area contributed by atoms with Gasteiger partial charge in [-0.3, -0.25) is 0 Å². The van der Waals surface area contributed by atoms with Crippen molar-refractivity contribution in [1.29, 1.82) is 0 Å². The van der Waals surface area contributed by atoms with Crippen LogP contribution in [0, 0.1) is 0 Å². The smallest absolute Gasteiger partial charge is 0.167 e. The first kappa shape index (κ1) is 12.9. The number of hydrogen-bond acceptors (Lipinski definition) is 3. The third-order valence-electron chi connectivity index (χ3n) is 2.12. The van der Waals surface area contributed by atoms with E-state index >= 15 is 0 Å². The minimum atomic E-state index is -0.166. The molecule has 0 saturated heterocycles. The summed E-state index contributed by atoms with van der Waals surface area (Å²) in [7, 11) is 1.53. The van der Waals surface area contributed by atoms with Crippen molar-refractivity contribution in [1.82, 2.24) is 0 Å². The quantitative estimate of drug-likeness (QED) is 0.807. The SMILES string of the molecule is C=CC(C)Oc1c(CO)cc(Cl)cc1OC. The lowest BCUT2D eigenvalue weighted by Crippen LogP contribution is -2.10. The molecule has 0 heterocycles. The highest BCUT2D eigenvalue weighted by molar-refractivity contribution is 6.30. The van der Waals surface area contributed by atoms with Crippen LogP contribution < -0.4 is 9.47 Å². The molecule has 0 saturated carbocycles. The summed E-state index contributed by atoms with van der Waals surface area (Å²) in [6.45, 7) is 5.32. The maximum Gasteiger partial charge on any atom is 0.167 e. The Labute approximate surface area is 100 Å². The van der Waals surface area contributed by atoms with Gasteiger partial charge >= 0.3 is 0 Å². The molecule has 0 aromatic heterocycles. The highest BCUT2D eigenvalue weighted by atomic mass is 35.5. The van der Waals surface area contributed by atoms with Gasteiger partial charge in [0.15, 0.2) is 11.5 Å². The number of rotatable bonds is 5. The first-order valence-corrected chi connectivity index (χ1v) is 5.26. The zero-order valence-electron chi connectivity index (χ0n) is 9.37. The van der Waals surface area contributed by atoms with Crippen molar-refractivity contribution < 1.29 is 14.6 Å². The van der Waals surface area contributed by atoms with Gasteiger partial charge in [-0.25, -0.2) is 0 Å². The van der Waals surface area contributed by atoms with E-state index in [0.29, 0.717) is 22.1 Å². The molecule has 1 aromatic rings. The van der Waals surface area contributed by atoms with Gasteiger partial charge in [-0.2, -0.15) is 0 Å². The zero-order chi connectivity index (χ0) is 12.1. The summed E-state index contributed by atoms with van der Waals surface area (Å²) in [5.41, 5.74) is 0.595. The number of methoxy groups -OCH3 is 1. The van der Waals surface area contributed by atoms with Crippen molar-refractivity contribution in [2.45, 2.75) is 19.6 Å². The molecule has 0 aliphatic heterocycles. The van der Waals surface area contributed by atoms with Crippen LogP contribution in [0.2, 0.25) is 5.02 Å². The van der Waals surface area contributed by atoms with Crippen molar-refractivity contribution in [2.75, 3.05) is 7.11 Å². The van der Waals surface area contributed by atoms with Crippen molar-refractivity contribution in [3.63, 3.8) is 0 Å². The first-order valence-electron chi connectivity index (χ1n) is 4.88. The summed E-state index contributed by atoms with van der Waals surface area (Å²) in [6.07, 6.45) is 1.50. The van der Waals surface area contributed by atoms with E-state index in [-0.39, 0.29) is 12.7 Å². The summed E-state index contributed by atoms with van der Waals surface area (Å²) in [4.78, 5) is 0. The third kappa shape index (κ3) is 2.90. The van der Waals surface area contributed by atoms with Crippen molar-refractivity contribution in [2.24, 2.45) is 0 Å². The molecule has 1 atom stereocenters. The van der Waals surface area contributed by atoms with Crippen molar-refractivity contribution >= 4 is 11.6 Å². The van der Waals surface area contributed by atoms with Gasteiger partial charge in [-0.05, 0) is 13.0 Å². The second-order valence-corrected chi connectivity index (χ2v) is 3.75. The first-order chi connectivity index (χ1) is 7.62. The van der Waals surface area contributed by atoms with Crippen LogP contribution in [0.4, 0.5) is 0 Å². The number of ether oxygens (including phenoxy) is 2. The van der Waals surface area contributed by atoms with E-state index in [1.54, 1.807) is 18.2 Å². The largest absolute Gasteiger partial charge is 0.493 e. The van der Waals surface area contributed by atoms with Crippen LogP contribution in [0.25, 0.3) is 0 Å². The average Bonchev–Trinajstić information content (AvgIpc) is 2.30. The van der Waals surface area contributed by atoms with E-state index in [1.165, 1.54) is 7.11 Å². The molecular formula is C12H15ClO3. The molecule has 0 radical (unpaired) electrons. The molecule has 88 valence electrons. The van der Waals surface area contributed by atoms with E-state index in [2.05, 4.69) is 6.58 Å². The normalized spacial score (nSPS) is 12.0. The Morgan fingerprint density at radius 3 is 2.75 bits per heavy atom. The Kier molecular flexibility index (Phi) is 4.65. The lowest BCUT2D eigenvalue weighted by Gasteiger charge is -2.17. The maximum absolute atomic E-state index is 9.23. The lowest BCUT2D eigenvalue weighted by molar-refractivity contribution is 0.233. The fourth-order valence-corrected chi connectivity index (χ4v) is 1.49. The van der Waals surface area contributed by atoms with Gasteiger partial charge in [0, 0.05) is 16.7 Å². The van der Waals surface area contributed by atoms with Gasteiger partial charge in [0.05, 0.1) is 13.7 Å². The number of aliphatic hydroxyl groups excluding tert-OH is 1. The van der Waals surface area contributed by atoms with Gasteiger partial charge in [0.2, 0.25) is 0 Å². The van der Waals surface area contributed by atoms with E-state index in [0.717, 1.165) is 0 Å². The molecular weight excluding hydrogens is 228 g/mol. The summed E-state index contributed by atoms with van der Waals surface area (Å²) < 4.78 is 10.8. The Morgan fingerprint density at radius 1 is 1.56 bits per heavy atom. The molecule has 16 heavy (non-hydrogen) atoms. The average molecular weight is 243 g/mol. The van der Waals surface area contributed by atoms with E-state index in [9.17, 15) is 5.11 Å². The minimum absolute atomic E-state index is 0.157. The summed E-state index contributed by atoms with van der Waals surface area (Å²) in [6, 6.07) is 3.29. The summed E-state index contributed by atoms with van der Waals surface area (Å²) in [5, 5.41) is 9.73. The molecule has 0 amide bonds. The van der Waals surface area contributed by atoms with Crippen LogP contribution in [0.3, 0.4) is 0 Å². The Bertz CT molecular complexity index is 352. The molecule has 0 aliphatic rings. The van der Waals surface area contributed by atoms with E-state index in [4.69, 9.17) is 21.1 Å². The molecule has 1 N–H and O–H groups in total. The van der Waals surface area contributed by atoms with Crippen LogP contribution >= 0.6 is 11.6 Å². The van der Waals surface area contributed by atoms with Crippen LogP contribution in [0.1, 0.15) is 12.5 Å².